The molecule has 0 spiro atoms. The molecule has 0 bridgehead atoms. The van der Waals surface area contributed by atoms with Gasteiger partial charge in [0.2, 0.25) is 0 Å². The van der Waals surface area contributed by atoms with E-state index in [0.717, 1.165) is 55.1 Å². The Bertz CT molecular complexity index is 1250. The third-order valence-electron chi connectivity index (χ3n) is 7.16. The maximum absolute atomic E-state index is 14.1. The van der Waals surface area contributed by atoms with Gasteiger partial charge in [0.05, 0.1) is 18.3 Å². The van der Waals surface area contributed by atoms with E-state index in [1.807, 2.05) is 12.1 Å². The lowest BCUT2D eigenvalue weighted by Crippen LogP contribution is -2.49. The van der Waals surface area contributed by atoms with Crippen molar-refractivity contribution in [2.75, 3.05) is 32.7 Å². The molecule has 5 nitrogen and oxygen atoms in total. The molecule has 186 valence electrons. The Morgan fingerprint density at radius 3 is 2.39 bits per heavy atom. The number of hydrogen-bond donors (Lipinski definition) is 0. The standard InChI is InChI=1S/C30H33FN4O/c1-22-11-12-27(23(2)17-22)28-19-29(25-9-6-10-26(31)18-25)35(32-28)30(36)21-34-15-13-33(14-16-34)20-24-7-4-3-5-8-24/h3-12,17-18,29H,13-16,19-21H2,1-2H3/t29-/m0/s1. The van der Waals surface area contributed by atoms with Crippen LogP contribution in [0.15, 0.2) is 77.9 Å². The van der Waals surface area contributed by atoms with Crippen LogP contribution in [0.2, 0.25) is 0 Å². The van der Waals surface area contributed by atoms with Crippen LogP contribution >= 0.6 is 0 Å². The average Bonchev–Trinajstić information content (AvgIpc) is 3.31. The van der Waals surface area contributed by atoms with Crippen LogP contribution in [-0.4, -0.2) is 59.2 Å². The van der Waals surface area contributed by atoms with Gasteiger partial charge in [-0.05, 0) is 42.7 Å². The lowest BCUT2D eigenvalue weighted by Gasteiger charge is -2.35. The monoisotopic (exact) mass is 484 g/mol. The lowest BCUT2D eigenvalue weighted by molar-refractivity contribution is -0.134. The van der Waals surface area contributed by atoms with Crippen molar-refractivity contribution in [1.29, 1.82) is 0 Å². The van der Waals surface area contributed by atoms with Gasteiger partial charge in [-0.2, -0.15) is 5.10 Å². The average molecular weight is 485 g/mol. The fourth-order valence-corrected chi connectivity index (χ4v) is 5.22. The highest BCUT2D eigenvalue weighted by atomic mass is 19.1. The number of hydrazone groups is 1. The Hall–Kier alpha value is -3.35. The van der Waals surface area contributed by atoms with E-state index >= 15 is 0 Å². The largest absolute Gasteiger partial charge is 0.297 e. The van der Waals surface area contributed by atoms with Crippen molar-refractivity contribution in [2.45, 2.75) is 32.9 Å². The molecule has 0 aromatic heterocycles. The summed E-state index contributed by atoms with van der Waals surface area (Å²) >= 11 is 0. The van der Waals surface area contributed by atoms with E-state index in [0.29, 0.717) is 13.0 Å². The van der Waals surface area contributed by atoms with Crippen LogP contribution in [0.5, 0.6) is 0 Å². The summed E-state index contributed by atoms with van der Waals surface area (Å²) in [6.45, 7) is 8.91. The topological polar surface area (TPSA) is 39.2 Å². The van der Waals surface area contributed by atoms with Crippen molar-refractivity contribution in [2.24, 2.45) is 5.10 Å². The summed E-state index contributed by atoms with van der Waals surface area (Å²) in [6, 6.07) is 23.0. The Morgan fingerprint density at radius 2 is 1.67 bits per heavy atom. The zero-order valence-corrected chi connectivity index (χ0v) is 21.0. The van der Waals surface area contributed by atoms with Crippen molar-refractivity contribution in [1.82, 2.24) is 14.8 Å². The number of carbonyl (C=O) groups is 1. The van der Waals surface area contributed by atoms with Crippen molar-refractivity contribution in [3.8, 4) is 0 Å². The first-order valence-corrected chi connectivity index (χ1v) is 12.7. The second-order valence-corrected chi connectivity index (χ2v) is 9.92. The Morgan fingerprint density at radius 1 is 0.917 bits per heavy atom. The number of amides is 1. The van der Waals surface area contributed by atoms with Crippen molar-refractivity contribution in [3.63, 3.8) is 0 Å². The molecule has 1 amide bonds. The van der Waals surface area contributed by atoms with Gasteiger partial charge in [-0.25, -0.2) is 9.40 Å². The molecule has 5 rings (SSSR count). The molecule has 3 aromatic rings. The van der Waals surface area contributed by atoms with Crippen LogP contribution < -0.4 is 0 Å². The highest BCUT2D eigenvalue weighted by Gasteiger charge is 2.34. The molecule has 1 fully saturated rings. The number of carbonyl (C=O) groups excluding carboxylic acids is 1. The molecule has 1 atom stereocenters. The van der Waals surface area contributed by atoms with Gasteiger partial charge >= 0.3 is 0 Å². The first-order chi connectivity index (χ1) is 17.5. The molecule has 0 aliphatic carbocycles. The van der Waals surface area contributed by atoms with Gasteiger partial charge in [0.1, 0.15) is 5.82 Å². The predicted molar refractivity (Wildman–Crippen MR) is 141 cm³/mol. The van der Waals surface area contributed by atoms with Gasteiger partial charge in [-0.15, -0.1) is 0 Å². The molecule has 2 aliphatic rings. The van der Waals surface area contributed by atoms with Crippen LogP contribution in [0.1, 0.15) is 40.3 Å². The number of hydrogen-bond acceptors (Lipinski definition) is 4. The van der Waals surface area contributed by atoms with E-state index in [9.17, 15) is 9.18 Å². The molecule has 2 heterocycles. The van der Waals surface area contributed by atoms with Crippen LogP contribution in [0.4, 0.5) is 4.39 Å². The van der Waals surface area contributed by atoms with Gasteiger partial charge in [0, 0.05) is 44.7 Å². The third-order valence-corrected chi connectivity index (χ3v) is 7.16. The number of piperazine rings is 1. The van der Waals surface area contributed by atoms with E-state index in [1.165, 1.54) is 23.3 Å². The molecule has 1 saturated heterocycles. The van der Waals surface area contributed by atoms with E-state index in [1.54, 1.807) is 11.1 Å². The molecule has 2 aliphatic heterocycles. The molecular formula is C30H33FN4O. The second-order valence-electron chi connectivity index (χ2n) is 9.92. The van der Waals surface area contributed by atoms with Gasteiger partial charge in [-0.1, -0.05) is 66.2 Å². The molecular weight excluding hydrogens is 451 g/mol. The molecule has 0 radical (unpaired) electrons. The zero-order valence-electron chi connectivity index (χ0n) is 21.0. The summed E-state index contributed by atoms with van der Waals surface area (Å²) in [5.41, 5.74) is 6.34. The lowest BCUT2D eigenvalue weighted by atomic mass is 9.95. The van der Waals surface area contributed by atoms with Gasteiger partial charge in [0.25, 0.3) is 5.91 Å². The number of rotatable bonds is 6. The predicted octanol–water partition coefficient (Wildman–Crippen LogP) is 4.94. The Labute approximate surface area is 212 Å². The van der Waals surface area contributed by atoms with E-state index in [4.69, 9.17) is 5.10 Å². The number of aryl methyl sites for hydroxylation is 2. The van der Waals surface area contributed by atoms with Gasteiger partial charge in [-0.3, -0.25) is 14.6 Å². The van der Waals surface area contributed by atoms with Crippen LogP contribution in [0.3, 0.4) is 0 Å². The number of benzene rings is 3. The SMILES string of the molecule is Cc1ccc(C2=NN(C(=O)CN3CCN(Cc4ccccc4)CC3)[C@H](c3cccc(F)c3)C2)c(C)c1. The smallest absolute Gasteiger partial charge is 0.257 e. The maximum atomic E-state index is 14.1. The van der Waals surface area contributed by atoms with Crippen LogP contribution in [0, 0.1) is 19.7 Å². The normalized spacial score (nSPS) is 18.9. The van der Waals surface area contributed by atoms with Crippen molar-refractivity contribution >= 4 is 11.6 Å². The maximum Gasteiger partial charge on any atom is 0.257 e. The summed E-state index contributed by atoms with van der Waals surface area (Å²) in [5, 5.41) is 6.41. The fourth-order valence-electron chi connectivity index (χ4n) is 5.22. The molecule has 0 N–H and O–H groups in total. The molecule has 6 heteroatoms. The van der Waals surface area contributed by atoms with Crippen LogP contribution in [-0.2, 0) is 11.3 Å². The van der Waals surface area contributed by atoms with Gasteiger partial charge in [0.15, 0.2) is 0 Å². The molecule has 0 saturated carbocycles. The van der Waals surface area contributed by atoms with E-state index in [-0.39, 0.29) is 17.8 Å². The number of halogens is 1. The summed E-state index contributed by atoms with van der Waals surface area (Å²) < 4.78 is 14.1. The quantitative estimate of drug-likeness (QED) is 0.498. The zero-order chi connectivity index (χ0) is 25.1. The van der Waals surface area contributed by atoms with Gasteiger partial charge < -0.3 is 0 Å². The summed E-state index contributed by atoms with van der Waals surface area (Å²) in [5.74, 6) is -0.338. The number of nitrogens with zero attached hydrogens (tertiary/aromatic N) is 4. The van der Waals surface area contributed by atoms with Crippen molar-refractivity contribution < 1.29 is 9.18 Å². The Kier molecular flexibility index (Phi) is 7.25. The second kappa shape index (κ2) is 10.7. The minimum Gasteiger partial charge on any atom is -0.297 e. The van der Waals surface area contributed by atoms with E-state index in [2.05, 4.69) is 66.1 Å². The first-order valence-electron chi connectivity index (χ1n) is 12.7. The first kappa shape index (κ1) is 24.3. The molecule has 36 heavy (non-hydrogen) atoms. The summed E-state index contributed by atoms with van der Waals surface area (Å²) in [4.78, 5) is 18.2. The molecule has 0 unspecified atom stereocenters. The third kappa shape index (κ3) is 5.55. The minimum atomic E-state index is -0.303. The summed E-state index contributed by atoms with van der Waals surface area (Å²) in [7, 11) is 0. The molecule has 3 aromatic carbocycles. The highest BCUT2D eigenvalue weighted by Crippen LogP contribution is 2.34. The van der Waals surface area contributed by atoms with Crippen molar-refractivity contribution in [3.05, 3.63) is 106 Å². The fraction of sp³-hybridized carbons (Fsp3) is 0.333. The Balaban J connectivity index is 1.29. The highest BCUT2D eigenvalue weighted by molar-refractivity contribution is 6.04. The van der Waals surface area contributed by atoms with Crippen LogP contribution in [0.25, 0.3) is 0 Å². The minimum absolute atomic E-state index is 0.0412. The summed E-state index contributed by atoms with van der Waals surface area (Å²) in [6.07, 6.45) is 0.573. The van der Waals surface area contributed by atoms with E-state index < -0.39 is 0 Å².